The number of aliphatic imine (C=N–C) groups is 1. The van der Waals surface area contributed by atoms with Crippen molar-refractivity contribution >= 4 is 53.0 Å². The summed E-state index contributed by atoms with van der Waals surface area (Å²) in [6.07, 6.45) is 2.70. The molecule has 1 aliphatic heterocycles. The first-order valence-electron chi connectivity index (χ1n) is 6.54. The number of nitrogens with one attached hydrogen (secondary N) is 2. The summed E-state index contributed by atoms with van der Waals surface area (Å²) >= 11 is 3.83. The van der Waals surface area contributed by atoms with Crippen LogP contribution in [0.25, 0.3) is 0 Å². The van der Waals surface area contributed by atoms with Crippen LogP contribution >= 0.6 is 47.1 Å². The van der Waals surface area contributed by atoms with Crippen LogP contribution in [0.15, 0.2) is 22.5 Å². The molecule has 0 saturated carbocycles. The predicted octanol–water partition coefficient (Wildman–Crippen LogP) is 3.32. The summed E-state index contributed by atoms with van der Waals surface area (Å²) in [5, 5.41) is 9.61. The van der Waals surface area contributed by atoms with Gasteiger partial charge in [-0.15, -0.1) is 35.3 Å². The minimum atomic E-state index is 0. The van der Waals surface area contributed by atoms with Gasteiger partial charge in [0.2, 0.25) is 0 Å². The second-order valence-corrected chi connectivity index (χ2v) is 6.73. The van der Waals surface area contributed by atoms with E-state index in [1.54, 1.807) is 11.3 Å². The van der Waals surface area contributed by atoms with Gasteiger partial charge in [0.1, 0.15) is 0 Å². The molecule has 108 valence electrons. The first kappa shape index (κ1) is 17.1. The lowest BCUT2D eigenvalue weighted by atomic mass is 10.2. The molecule has 19 heavy (non-hydrogen) atoms. The van der Waals surface area contributed by atoms with Crippen molar-refractivity contribution in [3.63, 3.8) is 0 Å². The monoisotopic (exact) mass is 411 g/mol. The zero-order chi connectivity index (χ0) is 12.6. The molecule has 1 aromatic heterocycles. The molecule has 1 fully saturated rings. The van der Waals surface area contributed by atoms with Gasteiger partial charge in [-0.1, -0.05) is 6.07 Å². The summed E-state index contributed by atoms with van der Waals surface area (Å²) in [6, 6.07) is 4.20. The zero-order valence-electron chi connectivity index (χ0n) is 11.2. The highest BCUT2D eigenvalue weighted by molar-refractivity contribution is 14.0. The second kappa shape index (κ2) is 9.88. The Labute approximate surface area is 141 Å². The van der Waals surface area contributed by atoms with Gasteiger partial charge in [-0.05, 0) is 37.0 Å². The molecule has 6 heteroatoms. The summed E-state index contributed by atoms with van der Waals surface area (Å²) in [5.41, 5.74) is 0. The smallest absolute Gasteiger partial charge is 0.191 e. The number of guanidine groups is 1. The molecule has 3 nitrogen and oxygen atoms in total. The summed E-state index contributed by atoms with van der Waals surface area (Å²) in [6.45, 7) is 4.81. The summed E-state index contributed by atoms with van der Waals surface area (Å²) in [7, 11) is 0. The fourth-order valence-corrected chi connectivity index (χ4v) is 3.75. The van der Waals surface area contributed by atoms with Crippen LogP contribution in [0.5, 0.6) is 0 Å². The Morgan fingerprint density at radius 1 is 1.47 bits per heavy atom. The molecule has 2 rings (SSSR count). The Balaban J connectivity index is 0.00000180. The molecule has 0 bridgehead atoms. The zero-order valence-corrected chi connectivity index (χ0v) is 15.2. The molecule has 0 amide bonds. The maximum absolute atomic E-state index is 4.61. The average molecular weight is 411 g/mol. The van der Waals surface area contributed by atoms with E-state index in [2.05, 4.69) is 51.8 Å². The highest BCUT2D eigenvalue weighted by atomic mass is 127. The molecule has 2 N–H and O–H groups in total. The van der Waals surface area contributed by atoms with Crippen molar-refractivity contribution in [2.75, 3.05) is 18.8 Å². The lowest BCUT2D eigenvalue weighted by molar-refractivity contribution is 0.727. The minimum Gasteiger partial charge on any atom is -0.357 e. The van der Waals surface area contributed by atoms with Crippen molar-refractivity contribution in [3.8, 4) is 0 Å². The van der Waals surface area contributed by atoms with E-state index in [-0.39, 0.29) is 24.0 Å². The highest BCUT2D eigenvalue weighted by Gasteiger charge is 2.15. The molecule has 1 aromatic rings. The van der Waals surface area contributed by atoms with E-state index in [0.717, 1.165) is 30.8 Å². The Hall–Kier alpha value is 0.0500. The third-order valence-electron chi connectivity index (χ3n) is 2.84. The lowest BCUT2D eigenvalue weighted by Crippen LogP contribution is -2.40. The van der Waals surface area contributed by atoms with E-state index in [4.69, 9.17) is 0 Å². The molecule has 1 aliphatic rings. The van der Waals surface area contributed by atoms with Crippen molar-refractivity contribution in [3.05, 3.63) is 22.4 Å². The van der Waals surface area contributed by atoms with Gasteiger partial charge < -0.3 is 10.6 Å². The summed E-state index contributed by atoms with van der Waals surface area (Å²) in [4.78, 5) is 5.92. The molecule has 0 radical (unpaired) electrons. The number of rotatable bonds is 5. The third-order valence-corrected chi connectivity index (χ3v) is 5.10. The van der Waals surface area contributed by atoms with Crippen LogP contribution in [0.2, 0.25) is 0 Å². The predicted molar refractivity (Wildman–Crippen MR) is 98.0 cm³/mol. The van der Waals surface area contributed by atoms with Gasteiger partial charge >= 0.3 is 0 Å². The van der Waals surface area contributed by atoms with Gasteiger partial charge in [-0.3, -0.25) is 0 Å². The summed E-state index contributed by atoms with van der Waals surface area (Å²) < 4.78 is 0. The molecule has 1 saturated heterocycles. The van der Waals surface area contributed by atoms with Gasteiger partial charge in [0.25, 0.3) is 0 Å². The van der Waals surface area contributed by atoms with E-state index in [1.165, 1.54) is 23.5 Å². The molecule has 0 aliphatic carbocycles. The van der Waals surface area contributed by atoms with E-state index in [1.807, 2.05) is 0 Å². The highest BCUT2D eigenvalue weighted by Crippen LogP contribution is 2.25. The van der Waals surface area contributed by atoms with Crippen molar-refractivity contribution in [2.24, 2.45) is 4.99 Å². The van der Waals surface area contributed by atoms with Gasteiger partial charge in [-0.2, -0.15) is 11.8 Å². The molecule has 1 atom stereocenters. The maximum Gasteiger partial charge on any atom is 0.191 e. The first-order valence-corrected chi connectivity index (χ1v) is 8.47. The van der Waals surface area contributed by atoms with Crippen LogP contribution in [0.3, 0.4) is 0 Å². The number of hydrogen-bond acceptors (Lipinski definition) is 3. The van der Waals surface area contributed by atoms with Gasteiger partial charge in [-0.25, -0.2) is 4.99 Å². The van der Waals surface area contributed by atoms with Crippen LogP contribution in [-0.4, -0.2) is 30.1 Å². The van der Waals surface area contributed by atoms with Crippen LogP contribution < -0.4 is 10.6 Å². The number of nitrogens with zero attached hydrogens (tertiary/aromatic N) is 1. The van der Waals surface area contributed by atoms with Crippen LogP contribution in [0.4, 0.5) is 0 Å². The Bertz CT molecular complexity index is 362. The fraction of sp³-hybridized carbons (Fsp3) is 0.615. The minimum absolute atomic E-state index is 0. The Morgan fingerprint density at radius 3 is 3.00 bits per heavy atom. The molecule has 2 heterocycles. The Morgan fingerprint density at radius 2 is 2.37 bits per heavy atom. The quantitative estimate of drug-likeness (QED) is 0.444. The molecule has 0 aromatic carbocycles. The normalized spacial score (nSPS) is 19.0. The Kier molecular flexibility index (Phi) is 8.89. The average Bonchev–Trinajstić information content (AvgIpc) is 3.05. The molecule has 1 unspecified atom stereocenters. The van der Waals surface area contributed by atoms with Gasteiger partial charge in [0.15, 0.2) is 5.96 Å². The van der Waals surface area contributed by atoms with Crippen molar-refractivity contribution in [2.45, 2.75) is 31.6 Å². The molecule has 0 spiro atoms. The van der Waals surface area contributed by atoms with Crippen LogP contribution in [0.1, 0.15) is 24.6 Å². The molecular weight excluding hydrogens is 389 g/mol. The van der Waals surface area contributed by atoms with E-state index < -0.39 is 0 Å². The van der Waals surface area contributed by atoms with E-state index in [0.29, 0.717) is 0 Å². The largest absolute Gasteiger partial charge is 0.357 e. The SMILES string of the molecule is CCNC(=NCc1cccs1)NCC1CCCS1.I. The van der Waals surface area contributed by atoms with Crippen molar-refractivity contribution in [1.82, 2.24) is 10.6 Å². The number of thiophene rings is 1. The van der Waals surface area contributed by atoms with Crippen molar-refractivity contribution in [1.29, 1.82) is 0 Å². The number of halogens is 1. The van der Waals surface area contributed by atoms with E-state index >= 15 is 0 Å². The first-order chi connectivity index (χ1) is 8.88. The standard InChI is InChI=1S/C13H21N3S2.HI/c1-2-14-13(15-9-11-5-3-7-17-11)16-10-12-6-4-8-18-12;/h3,5,7,12H,2,4,6,8-10H2,1H3,(H2,14,15,16);1H. The van der Waals surface area contributed by atoms with E-state index in [9.17, 15) is 0 Å². The van der Waals surface area contributed by atoms with Gasteiger partial charge in [0, 0.05) is 23.2 Å². The van der Waals surface area contributed by atoms with Gasteiger partial charge in [0.05, 0.1) is 6.54 Å². The number of hydrogen-bond donors (Lipinski definition) is 2. The van der Waals surface area contributed by atoms with Crippen molar-refractivity contribution < 1.29 is 0 Å². The lowest BCUT2D eigenvalue weighted by Gasteiger charge is -2.14. The molecular formula is C13H22IN3S2. The summed E-state index contributed by atoms with van der Waals surface area (Å²) in [5.74, 6) is 2.26. The second-order valence-electron chi connectivity index (χ2n) is 4.29. The van der Waals surface area contributed by atoms with Crippen LogP contribution in [0, 0.1) is 0 Å². The fourth-order valence-electron chi connectivity index (χ4n) is 1.92. The maximum atomic E-state index is 4.61. The third kappa shape index (κ3) is 6.35. The van der Waals surface area contributed by atoms with Crippen LogP contribution in [-0.2, 0) is 6.54 Å². The topological polar surface area (TPSA) is 36.4 Å². The number of thioether (sulfide) groups is 1.